The van der Waals surface area contributed by atoms with Crippen molar-refractivity contribution in [3.05, 3.63) is 18.2 Å². The van der Waals surface area contributed by atoms with E-state index in [9.17, 15) is 5.11 Å². The second-order valence-corrected chi connectivity index (χ2v) is 5.37. The smallest absolute Gasteiger partial charge is 0.134 e. The van der Waals surface area contributed by atoms with Gasteiger partial charge >= 0.3 is 0 Å². The Morgan fingerprint density at radius 3 is 2.85 bits per heavy atom. The van der Waals surface area contributed by atoms with Crippen LogP contribution in [0.25, 0.3) is 10.1 Å². The van der Waals surface area contributed by atoms with Gasteiger partial charge in [0.05, 0.1) is 8.91 Å². The van der Waals surface area contributed by atoms with E-state index < -0.39 is 0 Å². The summed E-state index contributed by atoms with van der Waals surface area (Å²) in [5.74, 6) is 0.354. The van der Waals surface area contributed by atoms with Crippen molar-refractivity contribution in [2.24, 2.45) is 0 Å². The predicted molar refractivity (Wildman–Crippen MR) is 62.5 cm³/mol. The van der Waals surface area contributed by atoms with Crippen LogP contribution >= 0.6 is 35.7 Å². The van der Waals surface area contributed by atoms with Crippen LogP contribution < -0.4 is 0 Å². The number of fused-ring (bicyclic) bond motifs is 1. The van der Waals surface area contributed by atoms with Crippen LogP contribution in [-0.4, -0.2) is 11.4 Å². The molecule has 1 nitrogen and oxygen atoms in total. The van der Waals surface area contributed by atoms with Crippen LogP contribution in [0.4, 0.5) is 0 Å². The second-order valence-electron chi connectivity index (χ2n) is 2.65. The molecule has 0 radical (unpaired) electrons. The third-order valence-corrected chi connectivity index (χ3v) is 3.88. The summed E-state index contributed by atoms with van der Waals surface area (Å²) >= 11 is 7.38. The number of phenols is 1. The van der Waals surface area contributed by atoms with Crippen molar-refractivity contribution in [1.82, 2.24) is 0 Å². The monoisotopic (exact) mass is 228 g/mol. The fourth-order valence-corrected chi connectivity index (χ4v) is 2.89. The van der Waals surface area contributed by atoms with Gasteiger partial charge in [0, 0.05) is 4.90 Å². The van der Waals surface area contributed by atoms with Crippen molar-refractivity contribution >= 4 is 45.8 Å². The molecule has 0 spiro atoms. The van der Waals surface area contributed by atoms with Crippen LogP contribution in [0.1, 0.15) is 0 Å². The second kappa shape index (κ2) is 3.44. The number of benzene rings is 1. The van der Waals surface area contributed by atoms with Gasteiger partial charge in [0.15, 0.2) is 0 Å². The molecule has 0 unspecified atom stereocenters. The lowest BCUT2D eigenvalue weighted by Crippen LogP contribution is -1.70. The van der Waals surface area contributed by atoms with Gasteiger partial charge in [-0.3, -0.25) is 0 Å². The van der Waals surface area contributed by atoms with Crippen molar-refractivity contribution in [1.29, 1.82) is 0 Å². The van der Waals surface area contributed by atoms with Crippen LogP contribution in [0.2, 0.25) is 0 Å². The van der Waals surface area contributed by atoms with Crippen molar-refractivity contribution < 1.29 is 5.11 Å². The SMILES string of the molecule is CSc1cc(O)c2sc(S)cc2c1. The first-order valence-electron chi connectivity index (χ1n) is 3.70. The number of aromatic hydroxyl groups is 1. The molecular weight excluding hydrogens is 220 g/mol. The minimum Gasteiger partial charge on any atom is -0.506 e. The molecule has 4 heteroatoms. The number of hydrogen-bond acceptors (Lipinski definition) is 4. The van der Waals surface area contributed by atoms with Gasteiger partial charge in [0.25, 0.3) is 0 Å². The molecule has 0 aliphatic rings. The van der Waals surface area contributed by atoms with Gasteiger partial charge < -0.3 is 5.11 Å². The Bertz CT molecular complexity index is 447. The summed E-state index contributed by atoms with van der Waals surface area (Å²) in [7, 11) is 0. The average molecular weight is 228 g/mol. The number of rotatable bonds is 1. The number of thiophene rings is 1. The highest BCUT2D eigenvalue weighted by Crippen LogP contribution is 2.37. The Morgan fingerprint density at radius 2 is 2.15 bits per heavy atom. The van der Waals surface area contributed by atoms with Gasteiger partial charge in [-0.15, -0.1) is 35.7 Å². The molecule has 2 rings (SSSR count). The topological polar surface area (TPSA) is 20.2 Å². The van der Waals surface area contributed by atoms with Gasteiger partial charge in [-0.05, 0) is 29.8 Å². The fraction of sp³-hybridized carbons (Fsp3) is 0.111. The summed E-state index contributed by atoms with van der Waals surface area (Å²) in [6.07, 6.45) is 1.99. The molecule has 1 heterocycles. The molecule has 1 aromatic heterocycles. The summed E-state index contributed by atoms with van der Waals surface area (Å²) in [6.45, 7) is 0. The molecule has 0 atom stereocenters. The maximum absolute atomic E-state index is 9.66. The zero-order chi connectivity index (χ0) is 9.42. The van der Waals surface area contributed by atoms with Gasteiger partial charge in [0.1, 0.15) is 5.75 Å². The Labute approximate surface area is 90.2 Å². The van der Waals surface area contributed by atoms with E-state index in [-0.39, 0.29) is 0 Å². The van der Waals surface area contributed by atoms with Crippen LogP contribution in [0, 0.1) is 0 Å². The zero-order valence-corrected chi connectivity index (χ0v) is 9.47. The molecule has 0 aliphatic carbocycles. The molecule has 0 aliphatic heterocycles. The van der Waals surface area contributed by atoms with E-state index in [1.54, 1.807) is 17.8 Å². The molecule has 2 aromatic rings. The lowest BCUT2D eigenvalue weighted by Gasteiger charge is -1.98. The van der Waals surface area contributed by atoms with Crippen molar-refractivity contribution in [2.45, 2.75) is 9.10 Å². The molecule has 0 amide bonds. The molecule has 0 fully saturated rings. The van der Waals surface area contributed by atoms with Gasteiger partial charge in [0.2, 0.25) is 0 Å². The Kier molecular flexibility index (Phi) is 2.45. The number of thioether (sulfide) groups is 1. The minimum atomic E-state index is 0.354. The Balaban J connectivity index is 2.75. The van der Waals surface area contributed by atoms with Gasteiger partial charge in [-0.2, -0.15) is 0 Å². The Morgan fingerprint density at radius 1 is 1.38 bits per heavy atom. The maximum Gasteiger partial charge on any atom is 0.134 e. The molecule has 0 saturated carbocycles. The van der Waals surface area contributed by atoms with E-state index in [0.29, 0.717) is 5.75 Å². The summed E-state index contributed by atoms with van der Waals surface area (Å²) < 4.78 is 1.85. The third kappa shape index (κ3) is 1.66. The molecule has 13 heavy (non-hydrogen) atoms. The predicted octanol–water partition coefficient (Wildman–Crippen LogP) is 3.62. The van der Waals surface area contributed by atoms with E-state index in [1.807, 2.05) is 12.3 Å². The lowest BCUT2D eigenvalue weighted by molar-refractivity contribution is 0.481. The first-order chi connectivity index (χ1) is 6.20. The molecule has 0 bridgehead atoms. The van der Waals surface area contributed by atoms with E-state index in [1.165, 1.54) is 11.3 Å². The van der Waals surface area contributed by atoms with Gasteiger partial charge in [-0.25, -0.2) is 0 Å². The first-order valence-corrected chi connectivity index (χ1v) is 6.19. The highest BCUT2D eigenvalue weighted by molar-refractivity contribution is 7.98. The van der Waals surface area contributed by atoms with E-state index in [2.05, 4.69) is 18.7 Å². The fourth-order valence-electron chi connectivity index (χ4n) is 1.21. The lowest BCUT2D eigenvalue weighted by atomic mass is 10.2. The number of thiol groups is 1. The van der Waals surface area contributed by atoms with Crippen LogP contribution in [0.3, 0.4) is 0 Å². The van der Waals surface area contributed by atoms with E-state index in [0.717, 1.165) is 19.2 Å². The normalized spacial score (nSPS) is 10.9. The largest absolute Gasteiger partial charge is 0.506 e. The minimum absolute atomic E-state index is 0.354. The first kappa shape index (κ1) is 9.24. The highest BCUT2D eigenvalue weighted by Gasteiger charge is 2.05. The Hall–Kier alpha value is -0.320. The van der Waals surface area contributed by atoms with E-state index in [4.69, 9.17) is 0 Å². The van der Waals surface area contributed by atoms with Crippen molar-refractivity contribution in [3.63, 3.8) is 0 Å². The van der Waals surface area contributed by atoms with Crippen molar-refractivity contribution in [2.75, 3.05) is 6.26 Å². The van der Waals surface area contributed by atoms with Crippen molar-refractivity contribution in [3.8, 4) is 5.75 Å². The van der Waals surface area contributed by atoms with Crippen LogP contribution in [0.5, 0.6) is 5.75 Å². The quantitative estimate of drug-likeness (QED) is 0.574. The zero-order valence-electron chi connectivity index (χ0n) is 6.94. The standard InChI is InChI=1S/C9H8OS3/c1-12-6-2-5-3-8(11)13-9(5)7(10)4-6/h2-4,10-11H,1H3. The maximum atomic E-state index is 9.66. The molecule has 1 N–H and O–H groups in total. The van der Waals surface area contributed by atoms with Crippen LogP contribution in [0.15, 0.2) is 27.3 Å². The number of phenolic OH excluding ortho intramolecular Hbond substituents is 1. The molecule has 0 saturated heterocycles. The number of hydrogen-bond donors (Lipinski definition) is 2. The summed E-state index contributed by atoms with van der Waals surface area (Å²) in [4.78, 5) is 1.08. The van der Waals surface area contributed by atoms with Crippen LogP contribution in [-0.2, 0) is 0 Å². The highest BCUT2D eigenvalue weighted by atomic mass is 32.2. The third-order valence-electron chi connectivity index (χ3n) is 1.79. The summed E-state index contributed by atoms with van der Waals surface area (Å²) in [5.41, 5.74) is 0. The average Bonchev–Trinajstić information content (AvgIpc) is 2.46. The summed E-state index contributed by atoms with van der Waals surface area (Å²) in [6, 6.07) is 5.83. The molecule has 68 valence electrons. The van der Waals surface area contributed by atoms with E-state index >= 15 is 0 Å². The summed E-state index contributed by atoms with van der Waals surface area (Å²) in [5, 5.41) is 10.7. The molecular formula is C9H8OS3. The van der Waals surface area contributed by atoms with Gasteiger partial charge in [-0.1, -0.05) is 0 Å². The molecule has 1 aromatic carbocycles.